The zero-order chi connectivity index (χ0) is 10.1. The first-order valence-corrected chi connectivity index (χ1v) is 5.78. The number of rotatable bonds is 2. The summed E-state index contributed by atoms with van der Waals surface area (Å²) in [6, 6.07) is 4.10. The van der Waals surface area contributed by atoms with Crippen molar-refractivity contribution in [3.05, 3.63) is 28.1 Å². The van der Waals surface area contributed by atoms with Crippen LogP contribution in [-0.2, 0) is 0 Å². The summed E-state index contributed by atoms with van der Waals surface area (Å²) in [7, 11) is 0. The molecule has 2 aromatic rings. The Labute approximate surface area is 92.3 Å². The summed E-state index contributed by atoms with van der Waals surface area (Å²) in [6.45, 7) is 4.70. The molecule has 0 aliphatic carbocycles. The summed E-state index contributed by atoms with van der Waals surface area (Å²) in [6.07, 6.45) is 0. The fourth-order valence-electron chi connectivity index (χ4n) is 1.48. The molecule has 0 amide bonds. The zero-order valence-electron chi connectivity index (χ0n) is 8.13. The molecule has 2 rings (SSSR count). The molecule has 0 saturated heterocycles. The van der Waals surface area contributed by atoms with E-state index in [0.717, 1.165) is 16.2 Å². The van der Waals surface area contributed by atoms with Gasteiger partial charge in [-0.25, -0.2) is 0 Å². The highest BCUT2D eigenvalue weighted by molar-refractivity contribution is 7.17. The van der Waals surface area contributed by atoms with Crippen LogP contribution in [0.3, 0.4) is 0 Å². The molecule has 1 nitrogen and oxygen atoms in total. The van der Waals surface area contributed by atoms with E-state index in [-0.39, 0.29) is 0 Å². The minimum absolute atomic E-state index is 0.677. The van der Waals surface area contributed by atoms with E-state index in [2.05, 4.69) is 6.07 Å². The maximum Gasteiger partial charge on any atom is 0.139 e. The third-order valence-electron chi connectivity index (χ3n) is 2.04. The summed E-state index contributed by atoms with van der Waals surface area (Å²) in [4.78, 5) is 0. The number of benzene rings is 1. The van der Waals surface area contributed by atoms with Gasteiger partial charge in [-0.15, -0.1) is 11.3 Å². The highest BCUT2D eigenvalue weighted by atomic mass is 35.5. The lowest BCUT2D eigenvalue weighted by atomic mass is 10.2. The van der Waals surface area contributed by atoms with Gasteiger partial charge in [0.05, 0.1) is 17.0 Å². The highest BCUT2D eigenvalue weighted by Crippen LogP contribution is 2.38. The normalized spacial score (nSPS) is 10.8. The number of hydrogen-bond acceptors (Lipinski definition) is 2. The number of ether oxygens (including phenoxy) is 1. The van der Waals surface area contributed by atoms with Crippen molar-refractivity contribution in [2.45, 2.75) is 13.8 Å². The Morgan fingerprint density at radius 2 is 2.21 bits per heavy atom. The number of hydrogen-bond donors (Lipinski definition) is 0. The SMILES string of the molecule is CCOc1csc2cc(C)cc(Cl)c12. The summed E-state index contributed by atoms with van der Waals surface area (Å²) < 4.78 is 6.70. The van der Waals surface area contributed by atoms with Crippen molar-refractivity contribution in [3.63, 3.8) is 0 Å². The number of fused-ring (bicyclic) bond motifs is 1. The third kappa shape index (κ3) is 1.60. The molecule has 74 valence electrons. The lowest BCUT2D eigenvalue weighted by molar-refractivity contribution is 0.345. The van der Waals surface area contributed by atoms with Crippen molar-refractivity contribution in [3.8, 4) is 5.75 Å². The smallest absolute Gasteiger partial charge is 0.139 e. The van der Waals surface area contributed by atoms with Crippen LogP contribution < -0.4 is 4.74 Å². The minimum Gasteiger partial charge on any atom is -0.492 e. The monoisotopic (exact) mass is 226 g/mol. The molecule has 0 saturated carbocycles. The summed E-state index contributed by atoms with van der Waals surface area (Å²) in [5, 5.41) is 3.84. The lowest BCUT2D eigenvalue weighted by Crippen LogP contribution is -1.89. The minimum atomic E-state index is 0.677. The second-order valence-electron chi connectivity index (χ2n) is 3.15. The lowest BCUT2D eigenvalue weighted by Gasteiger charge is -2.02. The van der Waals surface area contributed by atoms with Crippen molar-refractivity contribution >= 4 is 33.0 Å². The van der Waals surface area contributed by atoms with E-state index in [9.17, 15) is 0 Å². The van der Waals surface area contributed by atoms with Gasteiger partial charge in [0.1, 0.15) is 5.75 Å². The maximum absolute atomic E-state index is 6.17. The Bertz CT molecular complexity index is 462. The molecule has 0 bridgehead atoms. The predicted molar refractivity (Wildman–Crippen MR) is 62.7 cm³/mol. The third-order valence-corrected chi connectivity index (χ3v) is 3.24. The van der Waals surface area contributed by atoms with Gasteiger partial charge in [0.25, 0.3) is 0 Å². The van der Waals surface area contributed by atoms with Crippen LogP contribution in [0.1, 0.15) is 12.5 Å². The fraction of sp³-hybridized carbons (Fsp3) is 0.273. The van der Waals surface area contributed by atoms with Gasteiger partial charge in [-0.3, -0.25) is 0 Å². The van der Waals surface area contributed by atoms with Crippen LogP contribution in [0.4, 0.5) is 0 Å². The summed E-state index contributed by atoms with van der Waals surface area (Å²) in [5.41, 5.74) is 1.19. The second-order valence-corrected chi connectivity index (χ2v) is 4.47. The highest BCUT2D eigenvalue weighted by Gasteiger charge is 2.09. The van der Waals surface area contributed by atoms with E-state index in [1.807, 2.05) is 25.3 Å². The molecular weight excluding hydrogens is 216 g/mol. The Morgan fingerprint density at radius 3 is 2.93 bits per heavy atom. The Balaban J connectivity index is 2.66. The standard InChI is InChI=1S/C11H11ClOS/c1-3-13-9-6-14-10-5-7(2)4-8(12)11(9)10/h4-6H,3H2,1-2H3. The van der Waals surface area contributed by atoms with Gasteiger partial charge in [0.2, 0.25) is 0 Å². The van der Waals surface area contributed by atoms with Crippen LogP contribution in [0, 0.1) is 6.92 Å². The number of thiophene rings is 1. The molecular formula is C11H11ClOS. The Hall–Kier alpha value is -0.730. The van der Waals surface area contributed by atoms with Gasteiger partial charge in [-0.2, -0.15) is 0 Å². The van der Waals surface area contributed by atoms with Crippen molar-refractivity contribution in [2.75, 3.05) is 6.61 Å². The zero-order valence-corrected chi connectivity index (χ0v) is 9.71. The summed E-state index contributed by atoms with van der Waals surface area (Å²) in [5.74, 6) is 0.900. The van der Waals surface area contributed by atoms with Crippen molar-refractivity contribution < 1.29 is 4.74 Å². The average molecular weight is 227 g/mol. The van der Waals surface area contributed by atoms with Crippen LogP contribution in [-0.4, -0.2) is 6.61 Å². The largest absolute Gasteiger partial charge is 0.492 e. The van der Waals surface area contributed by atoms with Crippen LogP contribution in [0.15, 0.2) is 17.5 Å². The molecule has 0 radical (unpaired) electrons. The first kappa shape index (κ1) is 9.81. The van der Waals surface area contributed by atoms with Gasteiger partial charge in [0, 0.05) is 10.1 Å². The van der Waals surface area contributed by atoms with E-state index in [4.69, 9.17) is 16.3 Å². The topological polar surface area (TPSA) is 9.23 Å². The van der Waals surface area contributed by atoms with Gasteiger partial charge in [0.15, 0.2) is 0 Å². The molecule has 0 spiro atoms. The Morgan fingerprint density at radius 1 is 1.43 bits per heavy atom. The quantitative estimate of drug-likeness (QED) is 0.744. The van der Waals surface area contributed by atoms with Crippen LogP contribution in [0.25, 0.3) is 10.1 Å². The van der Waals surface area contributed by atoms with Crippen molar-refractivity contribution in [1.82, 2.24) is 0 Å². The molecule has 3 heteroatoms. The second kappa shape index (κ2) is 3.79. The molecule has 1 heterocycles. The molecule has 1 aromatic heterocycles. The summed E-state index contributed by atoms with van der Waals surface area (Å²) >= 11 is 7.84. The maximum atomic E-state index is 6.17. The molecule has 0 unspecified atom stereocenters. The van der Waals surface area contributed by atoms with E-state index in [0.29, 0.717) is 6.61 Å². The van der Waals surface area contributed by atoms with Gasteiger partial charge >= 0.3 is 0 Å². The molecule has 0 aliphatic heterocycles. The van der Waals surface area contributed by atoms with Gasteiger partial charge in [-0.05, 0) is 31.5 Å². The van der Waals surface area contributed by atoms with E-state index < -0.39 is 0 Å². The van der Waals surface area contributed by atoms with E-state index in [1.165, 1.54) is 10.3 Å². The molecule has 14 heavy (non-hydrogen) atoms. The molecule has 1 aromatic carbocycles. The van der Waals surface area contributed by atoms with Gasteiger partial charge < -0.3 is 4.74 Å². The number of halogens is 1. The van der Waals surface area contributed by atoms with Gasteiger partial charge in [-0.1, -0.05) is 11.6 Å². The van der Waals surface area contributed by atoms with E-state index >= 15 is 0 Å². The molecule has 0 atom stereocenters. The first-order chi connectivity index (χ1) is 6.72. The van der Waals surface area contributed by atoms with Crippen LogP contribution >= 0.6 is 22.9 Å². The van der Waals surface area contributed by atoms with Crippen molar-refractivity contribution in [1.29, 1.82) is 0 Å². The number of aryl methyl sites for hydroxylation is 1. The van der Waals surface area contributed by atoms with Crippen LogP contribution in [0.5, 0.6) is 5.75 Å². The van der Waals surface area contributed by atoms with E-state index in [1.54, 1.807) is 11.3 Å². The molecule has 0 fully saturated rings. The predicted octanol–water partition coefficient (Wildman–Crippen LogP) is 4.26. The Kier molecular flexibility index (Phi) is 2.66. The van der Waals surface area contributed by atoms with Crippen LogP contribution in [0.2, 0.25) is 5.02 Å². The molecule has 0 aliphatic rings. The molecule has 0 N–H and O–H groups in total. The average Bonchev–Trinajstić information content (AvgIpc) is 2.49. The van der Waals surface area contributed by atoms with Crippen molar-refractivity contribution in [2.24, 2.45) is 0 Å². The first-order valence-electron chi connectivity index (χ1n) is 4.52. The fourth-order valence-corrected chi connectivity index (χ4v) is 2.91.